The van der Waals surface area contributed by atoms with E-state index >= 15 is 4.39 Å². The van der Waals surface area contributed by atoms with Crippen molar-refractivity contribution >= 4 is 11.6 Å². The normalized spacial score (nSPS) is 53.0. The van der Waals surface area contributed by atoms with Crippen LogP contribution in [-0.2, 0) is 9.59 Å². The lowest BCUT2D eigenvalue weighted by Gasteiger charge is -2.56. The summed E-state index contributed by atoms with van der Waals surface area (Å²) in [5.41, 5.74) is -1.29. The van der Waals surface area contributed by atoms with Gasteiger partial charge in [-0.05, 0) is 56.3 Å². The van der Waals surface area contributed by atoms with Crippen molar-refractivity contribution < 1.29 is 14.0 Å². The average molecular weight is 292 g/mol. The molecule has 4 fully saturated rings. The first-order valence-corrected chi connectivity index (χ1v) is 8.69. The summed E-state index contributed by atoms with van der Waals surface area (Å²) in [6.07, 6.45) is 6.59. The predicted octanol–water partition coefficient (Wildman–Crippen LogP) is 3.87. The van der Waals surface area contributed by atoms with E-state index in [4.69, 9.17) is 0 Å². The number of carbonyl (C=O) groups is 2. The van der Waals surface area contributed by atoms with E-state index in [1.807, 2.05) is 0 Å². The summed E-state index contributed by atoms with van der Waals surface area (Å²) >= 11 is 0. The maximum atomic E-state index is 15.8. The fraction of sp³-hybridized carbons (Fsp3) is 0.889. The SMILES string of the molecule is C[C@]12CCC3[C@@H](CC[C@@H]4CC(=O)CC[C@]34F)C1CCC2=O. The number of alkyl halides is 1. The third kappa shape index (κ3) is 1.75. The van der Waals surface area contributed by atoms with Gasteiger partial charge in [0.1, 0.15) is 17.2 Å². The lowest BCUT2D eigenvalue weighted by atomic mass is 9.49. The van der Waals surface area contributed by atoms with Gasteiger partial charge in [0.15, 0.2) is 0 Å². The Labute approximate surface area is 125 Å². The monoisotopic (exact) mass is 292 g/mol. The first kappa shape index (κ1) is 13.9. The molecule has 2 unspecified atom stereocenters. The maximum absolute atomic E-state index is 15.8. The molecular formula is C18H25FO2. The minimum absolute atomic E-state index is 0.0403. The molecule has 4 rings (SSSR count). The molecule has 0 radical (unpaired) electrons. The Balaban J connectivity index is 1.65. The summed E-state index contributed by atoms with van der Waals surface area (Å²) < 4.78 is 15.8. The molecule has 0 aromatic heterocycles. The Morgan fingerprint density at radius 2 is 1.81 bits per heavy atom. The summed E-state index contributed by atoms with van der Waals surface area (Å²) in [5.74, 6) is 1.51. The van der Waals surface area contributed by atoms with Crippen molar-refractivity contribution in [3.8, 4) is 0 Å². The highest BCUT2D eigenvalue weighted by atomic mass is 19.1. The van der Waals surface area contributed by atoms with Crippen molar-refractivity contribution in [2.75, 3.05) is 0 Å². The van der Waals surface area contributed by atoms with Gasteiger partial charge in [-0.25, -0.2) is 4.39 Å². The van der Waals surface area contributed by atoms with Gasteiger partial charge < -0.3 is 0 Å². The number of fused-ring (bicyclic) bond motifs is 5. The fourth-order valence-corrected chi connectivity index (χ4v) is 6.36. The van der Waals surface area contributed by atoms with Gasteiger partial charge in [-0.3, -0.25) is 9.59 Å². The molecule has 21 heavy (non-hydrogen) atoms. The first-order chi connectivity index (χ1) is 9.95. The number of rotatable bonds is 0. The zero-order valence-corrected chi connectivity index (χ0v) is 12.9. The Kier molecular flexibility index (Phi) is 2.91. The van der Waals surface area contributed by atoms with Gasteiger partial charge in [-0.1, -0.05) is 6.92 Å². The van der Waals surface area contributed by atoms with Crippen LogP contribution in [0.4, 0.5) is 4.39 Å². The fourth-order valence-electron chi connectivity index (χ4n) is 6.36. The van der Waals surface area contributed by atoms with Crippen molar-refractivity contribution in [3.63, 3.8) is 0 Å². The van der Waals surface area contributed by atoms with E-state index in [1.54, 1.807) is 0 Å². The quantitative estimate of drug-likeness (QED) is 0.679. The highest BCUT2D eigenvalue weighted by Gasteiger charge is 2.62. The molecule has 116 valence electrons. The van der Waals surface area contributed by atoms with Gasteiger partial charge in [-0.15, -0.1) is 0 Å². The van der Waals surface area contributed by atoms with Crippen LogP contribution in [0.3, 0.4) is 0 Å². The molecule has 0 aliphatic heterocycles. The maximum Gasteiger partial charge on any atom is 0.139 e. The number of carbonyl (C=O) groups excluding carboxylic acids is 2. The molecule has 0 heterocycles. The van der Waals surface area contributed by atoms with Gasteiger partial charge in [-0.2, -0.15) is 0 Å². The van der Waals surface area contributed by atoms with Gasteiger partial charge >= 0.3 is 0 Å². The smallest absolute Gasteiger partial charge is 0.139 e. The van der Waals surface area contributed by atoms with E-state index in [9.17, 15) is 9.59 Å². The molecule has 0 amide bonds. The lowest BCUT2D eigenvalue weighted by Crippen LogP contribution is -2.56. The van der Waals surface area contributed by atoms with Gasteiger partial charge in [0.25, 0.3) is 0 Å². The van der Waals surface area contributed by atoms with Crippen molar-refractivity contribution in [2.45, 2.75) is 70.4 Å². The third-order valence-electron chi connectivity index (χ3n) is 7.55. The van der Waals surface area contributed by atoms with E-state index < -0.39 is 5.67 Å². The zero-order valence-electron chi connectivity index (χ0n) is 12.9. The Morgan fingerprint density at radius 1 is 1.00 bits per heavy atom. The molecule has 4 saturated carbocycles. The summed E-state index contributed by atoms with van der Waals surface area (Å²) in [7, 11) is 0. The second-order valence-electron chi connectivity index (χ2n) is 8.24. The third-order valence-corrected chi connectivity index (χ3v) is 7.55. The number of hydrogen-bond donors (Lipinski definition) is 0. The molecule has 0 N–H and O–H groups in total. The standard InChI is InChI=1S/C18H25FO2/c1-17-8-7-15-13(14(17)4-5-16(17)21)3-2-11-10-12(20)6-9-18(11,15)19/h11,13-15H,2-10H2,1H3/t11-,13+,14?,15?,17+,18-/m1/s1. The van der Waals surface area contributed by atoms with E-state index in [1.165, 1.54) is 0 Å². The number of halogens is 1. The van der Waals surface area contributed by atoms with Crippen molar-refractivity contribution in [3.05, 3.63) is 0 Å². The van der Waals surface area contributed by atoms with Crippen LogP contribution in [0.1, 0.15) is 64.7 Å². The molecule has 0 spiro atoms. The van der Waals surface area contributed by atoms with Crippen LogP contribution >= 0.6 is 0 Å². The van der Waals surface area contributed by atoms with Crippen LogP contribution in [0.5, 0.6) is 0 Å². The summed E-state index contributed by atoms with van der Waals surface area (Å²) in [6.45, 7) is 2.13. The van der Waals surface area contributed by atoms with Gasteiger partial charge in [0.05, 0.1) is 0 Å². The van der Waals surface area contributed by atoms with E-state index in [-0.39, 0.29) is 23.0 Å². The summed E-state index contributed by atoms with van der Waals surface area (Å²) in [4.78, 5) is 24.0. The first-order valence-electron chi connectivity index (χ1n) is 8.69. The van der Waals surface area contributed by atoms with E-state index in [0.29, 0.717) is 43.3 Å². The van der Waals surface area contributed by atoms with Crippen molar-refractivity contribution in [1.29, 1.82) is 0 Å². The van der Waals surface area contributed by atoms with E-state index in [0.717, 1.165) is 32.1 Å². The highest BCUT2D eigenvalue weighted by Crippen LogP contribution is 2.63. The van der Waals surface area contributed by atoms with Crippen molar-refractivity contribution in [1.82, 2.24) is 0 Å². The molecule has 0 aromatic rings. The predicted molar refractivity (Wildman–Crippen MR) is 77.5 cm³/mol. The second-order valence-corrected chi connectivity index (χ2v) is 8.24. The molecule has 0 bridgehead atoms. The Hall–Kier alpha value is -0.730. The van der Waals surface area contributed by atoms with Crippen LogP contribution in [0.15, 0.2) is 0 Å². The minimum atomic E-state index is -1.12. The molecule has 6 atom stereocenters. The van der Waals surface area contributed by atoms with Crippen LogP contribution in [0.2, 0.25) is 0 Å². The van der Waals surface area contributed by atoms with E-state index in [2.05, 4.69) is 6.92 Å². The van der Waals surface area contributed by atoms with Crippen LogP contribution in [0.25, 0.3) is 0 Å². The number of ketones is 2. The van der Waals surface area contributed by atoms with Gasteiger partial charge in [0, 0.05) is 30.6 Å². The molecule has 3 heteroatoms. The van der Waals surface area contributed by atoms with Crippen LogP contribution in [0, 0.1) is 29.1 Å². The topological polar surface area (TPSA) is 34.1 Å². The summed E-state index contributed by atoms with van der Waals surface area (Å²) in [6, 6.07) is 0. The Bertz CT molecular complexity index is 501. The van der Waals surface area contributed by atoms with Crippen LogP contribution in [-0.4, -0.2) is 17.2 Å². The molecule has 4 aliphatic carbocycles. The van der Waals surface area contributed by atoms with Crippen molar-refractivity contribution in [2.24, 2.45) is 29.1 Å². The summed E-state index contributed by atoms with van der Waals surface area (Å²) in [5, 5.41) is 0. The number of hydrogen-bond acceptors (Lipinski definition) is 2. The van der Waals surface area contributed by atoms with Crippen LogP contribution < -0.4 is 0 Å². The highest BCUT2D eigenvalue weighted by molar-refractivity contribution is 5.87. The Morgan fingerprint density at radius 3 is 2.62 bits per heavy atom. The molecule has 0 aromatic carbocycles. The average Bonchev–Trinajstić information content (AvgIpc) is 2.76. The molecule has 4 aliphatic rings. The zero-order chi connectivity index (χ0) is 14.8. The molecule has 2 nitrogen and oxygen atoms in total. The minimum Gasteiger partial charge on any atom is -0.300 e. The number of Topliss-reactive ketones (excluding diaryl/α,β-unsaturated/α-hetero) is 2. The lowest BCUT2D eigenvalue weighted by molar-refractivity contribution is -0.151. The van der Waals surface area contributed by atoms with Gasteiger partial charge in [0.2, 0.25) is 0 Å². The molecular weight excluding hydrogens is 267 g/mol. The molecule has 0 saturated heterocycles. The largest absolute Gasteiger partial charge is 0.300 e. The second kappa shape index (κ2) is 4.39.